The van der Waals surface area contributed by atoms with Gasteiger partial charge >= 0.3 is 0 Å². The quantitative estimate of drug-likeness (QED) is 0.779. The molecule has 0 unspecified atom stereocenters. The third-order valence-corrected chi connectivity index (χ3v) is 3.80. The Kier molecular flexibility index (Phi) is 3.97. The normalized spacial score (nSPS) is 12.7. The smallest absolute Gasteiger partial charge is 0.123 e. The Bertz CT molecular complexity index is 718. The number of nitrogens with zero attached hydrogens (tertiary/aromatic N) is 3. The SMILES string of the molecule is CCn1c(CN[C@H](C)c2cccnc2)nc2ccccc21. The molecule has 1 N–H and O–H groups in total. The zero-order chi connectivity index (χ0) is 14.7. The summed E-state index contributed by atoms with van der Waals surface area (Å²) < 4.78 is 2.26. The Morgan fingerprint density at radius 2 is 2.05 bits per heavy atom. The molecule has 0 saturated heterocycles. The van der Waals surface area contributed by atoms with Crippen LogP contribution in [-0.4, -0.2) is 14.5 Å². The van der Waals surface area contributed by atoms with Gasteiger partial charge < -0.3 is 9.88 Å². The van der Waals surface area contributed by atoms with E-state index in [9.17, 15) is 0 Å². The average molecular weight is 280 g/mol. The molecule has 0 aliphatic carbocycles. The minimum absolute atomic E-state index is 0.254. The molecular weight excluding hydrogens is 260 g/mol. The summed E-state index contributed by atoms with van der Waals surface area (Å²) in [6.07, 6.45) is 3.70. The molecule has 3 aromatic rings. The van der Waals surface area contributed by atoms with E-state index in [1.165, 1.54) is 11.1 Å². The summed E-state index contributed by atoms with van der Waals surface area (Å²) >= 11 is 0. The van der Waals surface area contributed by atoms with E-state index < -0.39 is 0 Å². The zero-order valence-electron chi connectivity index (χ0n) is 12.5. The number of pyridine rings is 1. The minimum Gasteiger partial charge on any atom is -0.327 e. The van der Waals surface area contributed by atoms with E-state index >= 15 is 0 Å². The molecule has 2 heterocycles. The zero-order valence-corrected chi connectivity index (χ0v) is 12.5. The van der Waals surface area contributed by atoms with Gasteiger partial charge in [-0.3, -0.25) is 4.98 Å². The van der Waals surface area contributed by atoms with E-state index in [0.717, 1.165) is 24.4 Å². The number of aromatic nitrogens is 3. The Morgan fingerprint density at radius 1 is 1.19 bits per heavy atom. The highest BCUT2D eigenvalue weighted by Gasteiger charge is 2.10. The standard InChI is InChI=1S/C17H20N4/c1-3-21-16-9-5-4-8-15(16)20-17(21)12-19-13(2)14-7-6-10-18-11-14/h4-11,13,19H,3,12H2,1-2H3/t13-/m1/s1. The van der Waals surface area contributed by atoms with E-state index in [1.807, 2.05) is 18.3 Å². The van der Waals surface area contributed by atoms with Crippen LogP contribution in [0, 0.1) is 0 Å². The molecule has 0 aliphatic heterocycles. The molecule has 108 valence electrons. The number of imidazole rings is 1. The molecule has 4 nitrogen and oxygen atoms in total. The van der Waals surface area contributed by atoms with Crippen molar-refractivity contribution in [3.63, 3.8) is 0 Å². The third-order valence-electron chi connectivity index (χ3n) is 3.80. The molecule has 21 heavy (non-hydrogen) atoms. The van der Waals surface area contributed by atoms with Gasteiger partial charge in [-0.05, 0) is 37.6 Å². The van der Waals surface area contributed by atoms with Crippen molar-refractivity contribution in [1.29, 1.82) is 0 Å². The van der Waals surface area contributed by atoms with Gasteiger partial charge in [-0.15, -0.1) is 0 Å². The van der Waals surface area contributed by atoms with Crippen molar-refractivity contribution >= 4 is 11.0 Å². The molecule has 0 aliphatic rings. The van der Waals surface area contributed by atoms with Crippen molar-refractivity contribution in [3.8, 4) is 0 Å². The second kappa shape index (κ2) is 6.06. The highest BCUT2D eigenvalue weighted by atomic mass is 15.1. The van der Waals surface area contributed by atoms with Crippen molar-refractivity contribution in [2.75, 3.05) is 0 Å². The first-order valence-electron chi connectivity index (χ1n) is 7.37. The maximum absolute atomic E-state index is 4.73. The second-order valence-corrected chi connectivity index (χ2v) is 5.15. The van der Waals surface area contributed by atoms with Crippen LogP contribution in [0.15, 0.2) is 48.8 Å². The fraction of sp³-hybridized carbons (Fsp3) is 0.294. The van der Waals surface area contributed by atoms with Crippen molar-refractivity contribution in [2.24, 2.45) is 0 Å². The van der Waals surface area contributed by atoms with E-state index in [2.05, 4.69) is 53.0 Å². The molecular formula is C17H20N4. The number of para-hydroxylation sites is 2. The molecule has 0 spiro atoms. The summed E-state index contributed by atoms with van der Waals surface area (Å²) in [6.45, 7) is 5.98. The predicted molar refractivity (Wildman–Crippen MR) is 84.9 cm³/mol. The van der Waals surface area contributed by atoms with Crippen LogP contribution in [0.3, 0.4) is 0 Å². The van der Waals surface area contributed by atoms with E-state index in [4.69, 9.17) is 4.98 Å². The first-order valence-corrected chi connectivity index (χ1v) is 7.37. The fourth-order valence-corrected chi connectivity index (χ4v) is 2.61. The van der Waals surface area contributed by atoms with E-state index in [0.29, 0.717) is 0 Å². The summed E-state index contributed by atoms with van der Waals surface area (Å²) in [5, 5.41) is 3.53. The highest BCUT2D eigenvalue weighted by Crippen LogP contribution is 2.17. The molecule has 0 bridgehead atoms. The molecule has 0 fully saturated rings. The molecule has 4 heteroatoms. The van der Waals surface area contributed by atoms with Gasteiger partial charge in [0, 0.05) is 25.0 Å². The van der Waals surface area contributed by atoms with Crippen molar-refractivity contribution in [3.05, 3.63) is 60.2 Å². The summed E-state index contributed by atoms with van der Waals surface area (Å²) in [7, 11) is 0. The molecule has 0 radical (unpaired) electrons. The topological polar surface area (TPSA) is 42.7 Å². The monoisotopic (exact) mass is 280 g/mol. The van der Waals surface area contributed by atoms with E-state index in [-0.39, 0.29) is 6.04 Å². The van der Waals surface area contributed by atoms with Crippen molar-refractivity contribution in [1.82, 2.24) is 19.9 Å². The minimum atomic E-state index is 0.254. The first kappa shape index (κ1) is 13.8. The van der Waals surface area contributed by atoms with Gasteiger partial charge in [0.1, 0.15) is 5.82 Å². The van der Waals surface area contributed by atoms with Crippen molar-refractivity contribution in [2.45, 2.75) is 33.0 Å². The summed E-state index contributed by atoms with van der Waals surface area (Å²) in [4.78, 5) is 8.90. The van der Waals surface area contributed by atoms with Gasteiger partial charge in [0.05, 0.1) is 17.6 Å². The highest BCUT2D eigenvalue weighted by molar-refractivity contribution is 5.75. The molecule has 0 saturated carbocycles. The molecule has 0 amide bonds. The number of rotatable bonds is 5. The summed E-state index contributed by atoms with van der Waals surface area (Å²) in [5.41, 5.74) is 3.45. The molecule has 2 aromatic heterocycles. The number of fused-ring (bicyclic) bond motifs is 1. The summed E-state index contributed by atoms with van der Waals surface area (Å²) in [6, 6.07) is 12.6. The van der Waals surface area contributed by atoms with Gasteiger partial charge in [-0.1, -0.05) is 18.2 Å². The molecule has 1 atom stereocenters. The predicted octanol–water partition coefficient (Wildman–Crippen LogP) is 3.30. The van der Waals surface area contributed by atoms with Crippen LogP contribution in [0.25, 0.3) is 11.0 Å². The van der Waals surface area contributed by atoms with Gasteiger partial charge in [0.2, 0.25) is 0 Å². The van der Waals surface area contributed by atoms with Gasteiger partial charge in [0.15, 0.2) is 0 Å². The van der Waals surface area contributed by atoms with Crippen LogP contribution in [-0.2, 0) is 13.1 Å². The lowest BCUT2D eigenvalue weighted by Gasteiger charge is -2.14. The Labute approximate surface area is 124 Å². The van der Waals surface area contributed by atoms with E-state index in [1.54, 1.807) is 6.20 Å². The first-order chi connectivity index (χ1) is 10.3. The lowest BCUT2D eigenvalue weighted by atomic mass is 10.1. The maximum Gasteiger partial charge on any atom is 0.123 e. The molecule has 3 rings (SSSR count). The van der Waals surface area contributed by atoms with Crippen LogP contribution in [0.2, 0.25) is 0 Å². The van der Waals surface area contributed by atoms with Crippen LogP contribution >= 0.6 is 0 Å². The van der Waals surface area contributed by atoms with Gasteiger partial charge in [0.25, 0.3) is 0 Å². The third kappa shape index (κ3) is 2.81. The van der Waals surface area contributed by atoms with Crippen LogP contribution < -0.4 is 5.32 Å². The van der Waals surface area contributed by atoms with Crippen LogP contribution in [0.5, 0.6) is 0 Å². The number of aryl methyl sites for hydroxylation is 1. The Balaban J connectivity index is 1.79. The second-order valence-electron chi connectivity index (χ2n) is 5.15. The van der Waals surface area contributed by atoms with Crippen molar-refractivity contribution < 1.29 is 0 Å². The Morgan fingerprint density at radius 3 is 2.81 bits per heavy atom. The molecule has 1 aromatic carbocycles. The lowest BCUT2D eigenvalue weighted by Crippen LogP contribution is -2.20. The van der Waals surface area contributed by atoms with Gasteiger partial charge in [-0.25, -0.2) is 4.98 Å². The largest absolute Gasteiger partial charge is 0.327 e. The number of hydrogen-bond donors (Lipinski definition) is 1. The average Bonchev–Trinajstić information content (AvgIpc) is 2.91. The van der Waals surface area contributed by atoms with Gasteiger partial charge in [-0.2, -0.15) is 0 Å². The number of hydrogen-bond acceptors (Lipinski definition) is 3. The number of nitrogens with one attached hydrogen (secondary N) is 1. The van der Waals surface area contributed by atoms with Crippen LogP contribution in [0.4, 0.5) is 0 Å². The van der Waals surface area contributed by atoms with Crippen LogP contribution in [0.1, 0.15) is 31.3 Å². The summed E-state index contributed by atoms with van der Waals surface area (Å²) in [5.74, 6) is 1.08. The Hall–Kier alpha value is -2.20. The maximum atomic E-state index is 4.73. The number of benzene rings is 1. The fourth-order valence-electron chi connectivity index (χ4n) is 2.61. The lowest BCUT2D eigenvalue weighted by molar-refractivity contribution is 0.542.